The van der Waals surface area contributed by atoms with Crippen molar-refractivity contribution in [2.24, 2.45) is 5.92 Å². The molecule has 1 aliphatic heterocycles. The molecule has 2 aliphatic rings. The normalized spacial score (nSPS) is 27.6. The van der Waals surface area contributed by atoms with E-state index in [2.05, 4.69) is 43.9 Å². The molecule has 1 saturated heterocycles. The molecule has 1 aliphatic carbocycles. The van der Waals surface area contributed by atoms with E-state index in [1.807, 2.05) is 0 Å². The first-order chi connectivity index (χ1) is 9.66. The first kappa shape index (κ1) is 13.9. The van der Waals surface area contributed by atoms with Gasteiger partial charge in [-0.2, -0.15) is 0 Å². The highest BCUT2D eigenvalue weighted by Gasteiger charge is 2.37. The molecule has 1 aromatic carbocycles. The van der Waals surface area contributed by atoms with E-state index >= 15 is 0 Å². The zero-order valence-electron chi connectivity index (χ0n) is 13.1. The summed E-state index contributed by atoms with van der Waals surface area (Å²) in [5.41, 5.74) is 2.51. The van der Waals surface area contributed by atoms with Crippen molar-refractivity contribution in [2.75, 3.05) is 13.2 Å². The van der Waals surface area contributed by atoms with Gasteiger partial charge >= 0.3 is 0 Å². The lowest BCUT2D eigenvalue weighted by molar-refractivity contribution is 0.0667. The van der Waals surface area contributed by atoms with Crippen LogP contribution in [0.25, 0.3) is 0 Å². The number of para-hydroxylation sites is 1. The molecule has 0 aromatic heterocycles. The van der Waals surface area contributed by atoms with E-state index in [1.54, 1.807) is 0 Å². The first-order valence-corrected chi connectivity index (χ1v) is 8.11. The molecule has 2 atom stereocenters. The molecule has 0 radical (unpaired) electrons. The van der Waals surface area contributed by atoms with Crippen molar-refractivity contribution < 1.29 is 4.74 Å². The topological polar surface area (TPSA) is 12.5 Å². The number of hydrogen-bond donors (Lipinski definition) is 0. The molecular weight excluding hydrogens is 246 g/mol. The zero-order valence-corrected chi connectivity index (χ0v) is 13.1. The number of rotatable bonds is 4. The quantitative estimate of drug-likeness (QED) is 0.823. The maximum Gasteiger partial charge on any atom is 0.125 e. The number of ether oxygens (including phenoxy) is 1. The van der Waals surface area contributed by atoms with Gasteiger partial charge in [-0.1, -0.05) is 18.2 Å². The summed E-state index contributed by atoms with van der Waals surface area (Å²) in [6.07, 6.45) is 5.47. The van der Waals surface area contributed by atoms with Crippen LogP contribution in [-0.2, 0) is 0 Å². The Labute approximate surface area is 123 Å². The van der Waals surface area contributed by atoms with Crippen molar-refractivity contribution in [3.8, 4) is 5.75 Å². The van der Waals surface area contributed by atoms with Gasteiger partial charge in [0.05, 0.1) is 6.61 Å². The molecule has 0 amide bonds. The fourth-order valence-corrected chi connectivity index (χ4v) is 3.61. The second kappa shape index (κ2) is 5.77. The summed E-state index contributed by atoms with van der Waals surface area (Å²) >= 11 is 0. The molecule has 2 nitrogen and oxygen atoms in total. The van der Waals surface area contributed by atoms with Crippen molar-refractivity contribution in [2.45, 2.75) is 58.5 Å². The second-order valence-electron chi connectivity index (χ2n) is 6.64. The van der Waals surface area contributed by atoms with E-state index in [9.17, 15) is 0 Å². The minimum absolute atomic E-state index is 0.681. The minimum Gasteiger partial charge on any atom is -0.493 e. The van der Waals surface area contributed by atoms with Crippen molar-refractivity contribution in [3.05, 3.63) is 29.3 Å². The molecule has 2 unspecified atom stereocenters. The average molecular weight is 273 g/mol. The van der Waals surface area contributed by atoms with E-state index in [0.717, 1.165) is 18.4 Å². The van der Waals surface area contributed by atoms with Crippen molar-refractivity contribution in [1.29, 1.82) is 0 Å². The number of benzene rings is 1. The van der Waals surface area contributed by atoms with Crippen LogP contribution in [0.4, 0.5) is 0 Å². The number of piperidine rings is 1. The molecule has 1 heterocycles. The number of likely N-dealkylation sites (tertiary alicyclic amines) is 1. The van der Waals surface area contributed by atoms with E-state index in [4.69, 9.17) is 4.74 Å². The van der Waals surface area contributed by atoms with Crippen LogP contribution in [0.15, 0.2) is 18.2 Å². The summed E-state index contributed by atoms with van der Waals surface area (Å²) in [5.74, 6) is 1.78. The summed E-state index contributed by atoms with van der Waals surface area (Å²) in [7, 11) is 0. The summed E-state index contributed by atoms with van der Waals surface area (Å²) < 4.78 is 6.20. The summed E-state index contributed by atoms with van der Waals surface area (Å²) in [6.45, 7) is 8.85. The van der Waals surface area contributed by atoms with Crippen LogP contribution in [0.5, 0.6) is 5.75 Å². The van der Waals surface area contributed by atoms with Gasteiger partial charge in [-0.3, -0.25) is 4.90 Å². The van der Waals surface area contributed by atoms with Crippen LogP contribution < -0.4 is 4.74 Å². The Kier molecular flexibility index (Phi) is 4.02. The van der Waals surface area contributed by atoms with E-state index in [0.29, 0.717) is 12.0 Å². The minimum atomic E-state index is 0.681. The highest BCUT2D eigenvalue weighted by molar-refractivity contribution is 5.39. The third-order valence-corrected chi connectivity index (χ3v) is 5.06. The van der Waals surface area contributed by atoms with Crippen LogP contribution in [0.1, 0.15) is 43.7 Å². The predicted octanol–water partition coefficient (Wildman–Crippen LogP) is 3.95. The Bertz CT molecular complexity index is 446. The van der Waals surface area contributed by atoms with Crippen molar-refractivity contribution in [1.82, 2.24) is 4.90 Å². The van der Waals surface area contributed by atoms with Crippen molar-refractivity contribution in [3.63, 3.8) is 0 Å². The molecule has 1 aromatic rings. The number of aryl methyl sites for hydroxylation is 2. The van der Waals surface area contributed by atoms with Crippen molar-refractivity contribution >= 4 is 0 Å². The van der Waals surface area contributed by atoms with Crippen LogP contribution >= 0.6 is 0 Å². The van der Waals surface area contributed by atoms with Gasteiger partial charge in [-0.15, -0.1) is 0 Å². The van der Waals surface area contributed by atoms with E-state index in [-0.39, 0.29) is 0 Å². The summed E-state index contributed by atoms with van der Waals surface area (Å²) in [5, 5.41) is 0. The van der Waals surface area contributed by atoms with E-state index in [1.165, 1.54) is 43.4 Å². The molecule has 0 spiro atoms. The Morgan fingerprint density at radius 2 is 1.85 bits per heavy atom. The maximum absolute atomic E-state index is 6.20. The smallest absolute Gasteiger partial charge is 0.125 e. The van der Waals surface area contributed by atoms with E-state index < -0.39 is 0 Å². The predicted molar refractivity (Wildman–Crippen MR) is 83.3 cm³/mol. The summed E-state index contributed by atoms with van der Waals surface area (Å²) in [6, 6.07) is 7.95. The van der Waals surface area contributed by atoms with Crippen LogP contribution in [0, 0.1) is 19.8 Å². The molecule has 1 saturated carbocycles. The van der Waals surface area contributed by atoms with Gasteiger partial charge in [0.25, 0.3) is 0 Å². The Balaban J connectivity index is 1.62. The van der Waals surface area contributed by atoms with Crippen LogP contribution in [0.3, 0.4) is 0 Å². The van der Waals surface area contributed by atoms with Gasteiger partial charge in [0.1, 0.15) is 5.75 Å². The Morgan fingerprint density at radius 3 is 2.50 bits per heavy atom. The fraction of sp³-hybridized carbons (Fsp3) is 0.667. The van der Waals surface area contributed by atoms with Gasteiger partial charge in [-0.25, -0.2) is 0 Å². The lowest BCUT2D eigenvalue weighted by atomic mass is 9.90. The first-order valence-electron chi connectivity index (χ1n) is 8.11. The summed E-state index contributed by atoms with van der Waals surface area (Å²) in [4.78, 5) is 2.72. The monoisotopic (exact) mass is 273 g/mol. The number of hydrogen-bond acceptors (Lipinski definition) is 2. The Morgan fingerprint density at radius 1 is 1.15 bits per heavy atom. The fourth-order valence-electron chi connectivity index (χ4n) is 3.61. The average Bonchev–Trinajstić information content (AvgIpc) is 3.24. The lowest BCUT2D eigenvalue weighted by Crippen LogP contribution is -2.46. The molecule has 20 heavy (non-hydrogen) atoms. The van der Waals surface area contributed by atoms with Gasteiger partial charge in [0.2, 0.25) is 0 Å². The number of nitrogens with zero attached hydrogens (tertiary/aromatic N) is 1. The third-order valence-electron chi connectivity index (χ3n) is 5.06. The standard InChI is InChI=1S/C18H27NO/c1-13-6-4-7-14(2)18(13)20-12-16-8-5-11-19(15(16)3)17-9-10-17/h4,6-7,15-17H,5,8-12H2,1-3H3. The molecule has 2 heteroatoms. The molecule has 2 fully saturated rings. The molecule has 0 N–H and O–H groups in total. The largest absolute Gasteiger partial charge is 0.493 e. The second-order valence-corrected chi connectivity index (χ2v) is 6.64. The van der Waals surface area contributed by atoms with Gasteiger partial charge in [0, 0.05) is 18.0 Å². The molecule has 3 rings (SSSR count). The highest BCUT2D eigenvalue weighted by atomic mass is 16.5. The van der Waals surface area contributed by atoms with Crippen LogP contribution in [0.2, 0.25) is 0 Å². The van der Waals surface area contributed by atoms with Gasteiger partial charge in [-0.05, 0) is 64.1 Å². The highest BCUT2D eigenvalue weighted by Crippen LogP contribution is 2.35. The lowest BCUT2D eigenvalue weighted by Gasteiger charge is -2.39. The molecular formula is C18H27NO. The molecule has 0 bridgehead atoms. The molecule has 110 valence electrons. The maximum atomic E-state index is 6.20. The Hall–Kier alpha value is -1.02. The van der Waals surface area contributed by atoms with Gasteiger partial charge in [0.15, 0.2) is 0 Å². The van der Waals surface area contributed by atoms with Crippen LogP contribution in [-0.4, -0.2) is 30.1 Å². The van der Waals surface area contributed by atoms with Gasteiger partial charge < -0.3 is 4.74 Å². The SMILES string of the molecule is Cc1cccc(C)c1OCC1CCCN(C2CC2)C1C. The zero-order chi connectivity index (χ0) is 14.1. The third kappa shape index (κ3) is 2.85.